The van der Waals surface area contributed by atoms with Crippen molar-refractivity contribution in [2.24, 2.45) is 0 Å². The fraction of sp³-hybridized carbons (Fsp3) is 0.333. The fourth-order valence-corrected chi connectivity index (χ4v) is 3.75. The summed E-state index contributed by atoms with van der Waals surface area (Å²) in [5.41, 5.74) is 3.33. The molecule has 0 aliphatic carbocycles. The molecule has 1 fully saturated rings. The lowest BCUT2D eigenvalue weighted by atomic mass is 10.0. The molecule has 2 heterocycles. The Labute approximate surface area is 158 Å². The first-order valence-electron chi connectivity index (χ1n) is 9.20. The van der Waals surface area contributed by atoms with E-state index >= 15 is 0 Å². The van der Waals surface area contributed by atoms with Gasteiger partial charge in [0.25, 0.3) is 0 Å². The number of hydrogen-bond acceptors (Lipinski definition) is 3. The van der Waals surface area contributed by atoms with Crippen molar-refractivity contribution in [1.29, 1.82) is 0 Å². The molecule has 2 aromatic carbocycles. The van der Waals surface area contributed by atoms with Crippen LogP contribution in [0.15, 0.2) is 48.5 Å². The van der Waals surface area contributed by atoms with Crippen LogP contribution in [0, 0.1) is 0 Å². The first-order valence-corrected chi connectivity index (χ1v) is 9.20. The van der Waals surface area contributed by atoms with Crippen molar-refractivity contribution >= 4 is 17.6 Å². The van der Waals surface area contributed by atoms with E-state index in [4.69, 9.17) is 4.74 Å². The number of fused-ring (bicyclic) bond motifs is 1. The number of nitrogens with one attached hydrogen (secondary N) is 1. The molecule has 3 amide bonds. The summed E-state index contributed by atoms with van der Waals surface area (Å²) in [7, 11) is 1.61. The second kappa shape index (κ2) is 7.31. The van der Waals surface area contributed by atoms with Crippen LogP contribution in [0.5, 0.6) is 5.75 Å². The molecular weight excluding hydrogens is 342 g/mol. The number of carbonyl (C=O) groups excluding carboxylic acids is 2. The molecule has 4 rings (SSSR count). The fourth-order valence-electron chi connectivity index (χ4n) is 3.75. The number of nitrogens with zero attached hydrogens (tertiary/aromatic N) is 2. The summed E-state index contributed by atoms with van der Waals surface area (Å²) in [5.74, 6) is 0.773. The lowest BCUT2D eigenvalue weighted by molar-refractivity contribution is -0.117. The van der Waals surface area contributed by atoms with Gasteiger partial charge in [0.1, 0.15) is 5.75 Å². The molecule has 1 saturated heterocycles. The third kappa shape index (κ3) is 3.60. The van der Waals surface area contributed by atoms with Gasteiger partial charge in [0.2, 0.25) is 5.91 Å². The predicted octanol–water partition coefficient (Wildman–Crippen LogP) is 2.57. The maximum absolute atomic E-state index is 12.7. The van der Waals surface area contributed by atoms with Gasteiger partial charge < -0.3 is 19.9 Å². The number of amides is 3. The minimum atomic E-state index is -0.177. The first kappa shape index (κ1) is 17.4. The molecule has 1 N–H and O–H groups in total. The van der Waals surface area contributed by atoms with E-state index in [1.54, 1.807) is 12.0 Å². The third-order valence-electron chi connectivity index (χ3n) is 5.25. The standard InChI is InChI=1S/C21H23N3O3/c1-27-19-8-6-18(7-9-19)24-14-17(12-20(24)25)22-21(26)23-11-10-15-4-2-3-5-16(15)13-23/h2-9,17H,10-14H2,1H3,(H,22,26)/t17-/m1/s1. The number of benzene rings is 2. The molecule has 6 nitrogen and oxygen atoms in total. The maximum atomic E-state index is 12.7. The molecule has 0 radical (unpaired) electrons. The molecule has 0 aromatic heterocycles. The smallest absolute Gasteiger partial charge is 0.318 e. The highest BCUT2D eigenvalue weighted by atomic mass is 16.5. The highest BCUT2D eigenvalue weighted by molar-refractivity contribution is 5.96. The van der Waals surface area contributed by atoms with Crippen LogP contribution in [-0.4, -0.2) is 43.1 Å². The molecular formula is C21H23N3O3. The van der Waals surface area contributed by atoms with Gasteiger partial charge in [-0.1, -0.05) is 24.3 Å². The van der Waals surface area contributed by atoms with Crippen molar-refractivity contribution in [3.8, 4) is 5.75 Å². The van der Waals surface area contributed by atoms with Crippen LogP contribution in [0.1, 0.15) is 17.5 Å². The summed E-state index contributed by atoms with van der Waals surface area (Å²) in [4.78, 5) is 28.6. The predicted molar refractivity (Wildman–Crippen MR) is 103 cm³/mol. The topological polar surface area (TPSA) is 61.9 Å². The molecule has 2 aromatic rings. The van der Waals surface area contributed by atoms with Crippen molar-refractivity contribution in [3.05, 3.63) is 59.7 Å². The highest BCUT2D eigenvalue weighted by Gasteiger charge is 2.33. The van der Waals surface area contributed by atoms with Gasteiger partial charge in [0.05, 0.1) is 13.2 Å². The Hall–Kier alpha value is -3.02. The number of methoxy groups -OCH3 is 1. The van der Waals surface area contributed by atoms with Crippen LogP contribution >= 0.6 is 0 Å². The molecule has 6 heteroatoms. The quantitative estimate of drug-likeness (QED) is 0.909. The van der Waals surface area contributed by atoms with E-state index in [0.29, 0.717) is 26.1 Å². The highest BCUT2D eigenvalue weighted by Crippen LogP contribution is 2.24. The van der Waals surface area contributed by atoms with Gasteiger partial charge in [0, 0.05) is 31.7 Å². The van der Waals surface area contributed by atoms with E-state index in [0.717, 1.165) is 17.9 Å². The summed E-state index contributed by atoms with van der Waals surface area (Å²) < 4.78 is 5.16. The van der Waals surface area contributed by atoms with E-state index < -0.39 is 0 Å². The summed E-state index contributed by atoms with van der Waals surface area (Å²) in [6, 6.07) is 15.3. The van der Waals surface area contributed by atoms with Gasteiger partial charge in [-0.2, -0.15) is 0 Å². The lowest BCUT2D eigenvalue weighted by Crippen LogP contribution is -2.47. The van der Waals surface area contributed by atoms with Crippen LogP contribution in [-0.2, 0) is 17.8 Å². The molecule has 27 heavy (non-hydrogen) atoms. The van der Waals surface area contributed by atoms with Crippen LogP contribution < -0.4 is 15.0 Å². The average molecular weight is 365 g/mol. The van der Waals surface area contributed by atoms with E-state index in [2.05, 4.69) is 17.4 Å². The van der Waals surface area contributed by atoms with Gasteiger partial charge in [-0.05, 0) is 41.8 Å². The first-order chi connectivity index (χ1) is 13.1. The molecule has 0 saturated carbocycles. The molecule has 0 unspecified atom stereocenters. The second-order valence-electron chi connectivity index (χ2n) is 6.99. The molecule has 2 aliphatic heterocycles. The van der Waals surface area contributed by atoms with Crippen molar-refractivity contribution in [2.45, 2.75) is 25.4 Å². The number of anilines is 1. The SMILES string of the molecule is COc1ccc(N2C[C@H](NC(=O)N3CCc4ccccc4C3)CC2=O)cc1. The molecule has 0 bridgehead atoms. The van der Waals surface area contributed by atoms with E-state index in [-0.39, 0.29) is 18.0 Å². The number of ether oxygens (including phenoxy) is 1. The Bertz CT molecular complexity index is 850. The van der Waals surface area contributed by atoms with Gasteiger partial charge in [-0.3, -0.25) is 4.79 Å². The van der Waals surface area contributed by atoms with Crippen LogP contribution in [0.25, 0.3) is 0 Å². The van der Waals surface area contributed by atoms with Crippen LogP contribution in [0.3, 0.4) is 0 Å². The summed E-state index contributed by atoms with van der Waals surface area (Å²) in [6.45, 7) is 1.80. The summed E-state index contributed by atoms with van der Waals surface area (Å²) in [5, 5.41) is 3.03. The Morgan fingerprint density at radius 1 is 1.11 bits per heavy atom. The Morgan fingerprint density at radius 2 is 1.85 bits per heavy atom. The molecule has 2 aliphatic rings. The van der Waals surface area contributed by atoms with E-state index in [1.165, 1.54) is 11.1 Å². The van der Waals surface area contributed by atoms with Crippen LogP contribution in [0.2, 0.25) is 0 Å². The minimum absolute atomic E-state index is 0.0226. The molecule has 0 spiro atoms. The number of carbonyl (C=O) groups is 2. The van der Waals surface area contributed by atoms with Crippen molar-refractivity contribution < 1.29 is 14.3 Å². The zero-order valence-corrected chi connectivity index (χ0v) is 15.4. The summed E-state index contributed by atoms with van der Waals surface area (Å²) >= 11 is 0. The largest absolute Gasteiger partial charge is 0.497 e. The van der Waals surface area contributed by atoms with Gasteiger partial charge in [0.15, 0.2) is 0 Å². The van der Waals surface area contributed by atoms with Crippen molar-refractivity contribution in [3.63, 3.8) is 0 Å². The minimum Gasteiger partial charge on any atom is -0.497 e. The van der Waals surface area contributed by atoms with Gasteiger partial charge in [-0.15, -0.1) is 0 Å². The van der Waals surface area contributed by atoms with E-state index in [1.807, 2.05) is 41.3 Å². The van der Waals surface area contributed by atoms with Crippen molar-refractivity contribution in [2.75, 3.05) is 25.1 Å². The Kier molecular flexibility index (Phi) is 4.71. The third-order valence-corrected chi connectivity index (χ3v) is 5.25. The zero-order valence-electron chi connectivity index (χ0n) is 15.4. The monoisotopic (exact) mass is 365 g/mol. The van der Waals surface area contributed by atoms with Gasteiger partial charge in [-0.25, -0.2) is 4.79 Å². The number of rotatable bonds is 3. The maximum Gasteiger partial charge on any atom is 0.318 e. The van der Waals surface area contributed by atoms with Crippen molar-refractivity contribution in [1.82, 2.24) is 10.2 Å². The normalized spacial score (nSPS) is 19.0. The Morgan fingerprint density at radius 3 is 2.59 bits per heavy atom. The second-order valence-corrected chi connectivity index (χ2v) is 6.99. The average Bonchev–Trinajstić information content (AvgIpc) is 3.07. The summed E-state index contributed by atoms with van der Waals surface area (Å²) in [6.07, 6.45) is 1.19. The van der Waals surface area contributed by atoms with Gasteiger partial charge >= 0.3 is 6.03 Å². The number of urea groups is 1. The van der Waals surface area contributed by atoms with Crippen LogP contribution in [0.4, 0.5) is 10.5 Å². The molecule has 140 valence electrons. The zero-order chi connectivity index (χ0) is 18.8. The Balaban J connectivity index is 1.37. The number of hydrogen-bond donors (Lipinski definition) is 1. The van der Waals surface area contributed by atoms with E-state index in [9.17, 15) is 9.59 Å². The lowest BCUT2D eigenvalue weighted by Gasteiger charge is -2.30. The molecule has 1 atom stereocenters.